The Morgan fingerprint density at radius 2 is 1.83 bits per heavy atom. The van der Waals surface area contributed by atoms with E-state index in [1.165, 1.54) is 12.1 Å². The summed E-state index contributed by atoms with van der Waals surface area (Å²) in [4.78, 5) is 24.8. The van der Waals surface area contributed by atoms with Gasteiger partial charge in [0.15, 0.2) is 6.61 Å². The number of rotatable bonds is 8. The Bertz CT molecular complexity index is 1040. The van der Waals surface area contributed by atoms with Crippen molar-refractivity contribution in [3.63, 3.8) is 0 Å². The molecular weight excluding hydrogens is 460 g/mol. The molecule has 0 aliphatic carbocycles. The van der Waals surface area contributed by atoms with Gasteiger partial charge in [0, 0.05) is 28.0 Å². The van der Waals surface area contributed by atoms with Crippen LogP contribution in [0, 0.1) is 19.8 Å². The molecule has 0 unspecified atom stereocenters. The highest BCUT2D eigenvalue weighted by molar-refractivity contribution is 9.10. The Labute approximate surface area is 179 Å². The zero-order chi connectivity index (χ0) is 21.9. The number of aromatic nitrogens is 1. The number of carbonyl (C=O) groups excluding carboxylic acids is 2. The first-order valence-electron chi connectivity index (χ1n) is 9.11. The number of nitrogens with zero attached hydrogens (tertiary/aromatic N) is 1. The first-order valence-corrected chi connectivity index (χ1v) is 11.4. The predicted octanol–water partition coefficient (Wildman–Crippen LogP) is 3.60. The minimum atomic E-state index is -3.97. The number of sulfonamides is 1. The molecule has 0 spiro atoms. The number of Topliss-reactive ketones (excluding diaryl/α,β-unsaturated/α-hetero) is 1. The van der Waals surface area contributed by atoms with Gasteiger partial charge in [0.1, 0.15) is 0 Å². The highest BCUT2D eigenvalue weighted by Crippen LogP contribution is 2.22. The molecule has 0 atom stereocenters. The van der Waals surface area contributed by atoms with Crippen LogP contribution in [-0.4, -0.2) is 31.3 Å². The SMILES string of the molecule is Cc1cc(C(=O)COC(=O)c2cc(S(N)(=O)=O)ccc2Br)c(C)n1CCC(C)C. The number of ketones is 1. The molecule has 0 aliphatic heterocycles. The monoisotopic (exact) mass is 484 g/mol. The molecule has 1 aromatic carbocycles. The van der Waals surface area contributed by atoms with E-state index in [0.717, 1.165) is 30.4 Å². The first kappa shape index (κ1) is 23.3. The largest absolute Gasteiger partial charge is 0.454 e. The molecule has 0 fully saturated rings. The van der Waals surface area contributed by atoms with Crippen molar-refractivity contribution < 1.29 is 22.7 Å². The molecule has 2 aromatic rings. The van der Waals surface area contributed by atoms with Gasteiger partial charge in [0.05, 0.1) is 10.5 Å². The van der Waals surface area contributed by atoms with E-state index < -0.39 is 22.6 Å². The number of benzene rings is 1. The molecule has 0 radical (unpaired) electrons. The van der Waals surface area contributed by atoms with Crippen LogP contribution in [0.2, 0.25) is 0 Å². The van der Waals surface area contributed by atoms with E-state index in [-0.39, 0.29) is 16.2 Å². The molecule has 158 valence electrons. The van der Waals surface area contributed by atoms with Crippen molar-refractivity contribution in [2.24, 2.45) is 11.1 Å². The van der Waals surface area contributed by atoms with Gasteiger partial charge in [0.25, 0.3) is 0 Å². The van der Waals surface area contributed by atoms with Crippen LogP contribution in [0.15, 0.2) is 33.6 Å². The van der Waals surface area contributed by atoms with E-state index in [9.17, 15) is 18.0 Å². The molecule has 2 rings (SSSR count). The summed E-state index contributed by atoms with van der Waals surface area (Å²) in [6.07, 6.45) is 0.993. The average Bonchev–Trinajstić information content (AvgIpc) is 2.91. The third-order valence-electron chi connectivity index (χ3n) is 4.62. The second-order valence-electron chi connectivity index (χ2n) is 7.30. The number of carbonyl (C=O) groups is 2. The van der Waals surface area contributed by atoms with Crippen molar-refractivity contribution in [2.45, 2.75) is 45.6 Å². The van der Waals surface area contributed by atoms with Gasteiger partial charge in [-0.05, 0) is 66.4 Å². The molecule has 1 aromatic heterocycles. The predicted molar refractivity (Wildman–Crippen MR) is 113 cm³/mol. The van der Waals surface area contributed by atoms with Gasteiger partial charge in [-0.2, -0.15) is 0 Å². The maximum Gasteiger partial charge on any atom is 0.339 e. The molecule has 29 heavy (non-hydrogen) atoms. The van der Waals surface area contributed by atoms with E-state index in [2.05, 4.69) is 34.3 Å². The van der Waals surface area contributed by atoms with Crippen molar-refractivity contribution in [2.75, 3.05) is 6.61 Å². The molecular formula is C20H25BrN2O5S. The Morgan fingerprint density at radius 3 is 2.41 bits per heavy atom. The van der Waals surface area contributed by atoms with E-state index in [4.69, 9.17) is 9.88 Å². The lowest BCUT2D eigenvalue weighted by Crippen LogP contribution is -2.17. The minimum Gasteiger partial charge on any atom is -0.454 e. The van der Waals surface area contributed by atoms with Gasteiger partial charge in [-0.15, -0.1) is 0 Å². The fourth-order valence-electron chi connectivity index (χ4n) is 2.94. The number of nitrogens with two attached hydrogens (primary N) is 1. The fourth-order valence-corrected chi connectivity index (χ4v) is 3.89. The highest BCUT2D eigenvalue weighted by Gasteiger charge is 2.20. The summed E-state index contributed by atoms with van der Waals surface area (Å²) in [5.74, 6) is -0.590. The molecule has 0 saturated heterocycles. The summed E-state index contributed by atoms with van der Waals surface area (Å²) < 4.78 is 30.5. The van der Waals surface area contributed by atoms with Gasteiger partial charge in [0.2, 0.25) is 15.8 Å². The number of ether oxygens (including phenoxy) is 1. The van der Waals surface area contributed by atoms with Gasteiger partial charge in [-0.25, -0.2) is 18.4 Å². The number of hydrogen-bond donors (Lipinski definition) is 1. The van der Waals surface area contributed by atoms with Gasteiger partial charge >= 0.3 is 5.97 Å². The lowest BCUT2D eigenvalue weighted by atomic mass is 10.1. The Morgan fingerprint density at radius 1 is 1.17 bits per heavy atom. The summed E-state index contributed by atoms with van der Waals surface area (Å²) in [7, 11) is -3.97. The van der Waals surface area contributed by atoms with Gasteiger partial charge in [-0.3, -0.25) is 4.79 Å². The standard InChI is InChI=1S/C20H25BrN2O5S/c1-12(2)7-8-23-13(3)9-16(14(23)4)19(24)11-28-20(25)17-10-15(29(22,26)27)5-6-18(17)21/h5-6,9-10,12H,7-8,11H2,1-4H3,(H2,22,26,27). The molecule has 0 saturated carbocycles. The molecule has 9 heteroatoms. The van der Waals surface area contributed by atoms with Crippen LogP contribution in [0.4, 0.5) is 0 Å². The molecule has 7 nitrogen and oxygen atoms in total. The third-order valence-corrected chi connectivity index (χ3v) is 6.23. The topological polar surface area (TPSA) is 108 Å². The molecule has 0 bridgehead atoms. The highest BCUT2D eigenvalue weighted by atomic mass is 79.9. The fraction of sp³-hybridized carbons (Fsp3) is 0.400. The Hall–Kier alpha value is -1.97. The smallest absolute Gasteiger partial charge is 0.339 e. The van der Waals surface area contributed by atoms with E-state index in [1.54, 1.807) is 6.07 Å². The van der Waals surface area contributed by atoms with Crippen LogP contribution in [0.1, 0.15) is 52.4 Å². The normalized spacial score (nSPS) is 11.7. The number of hydrogen-bond acceptors (Lipinski definition) is 5. The Kier molecular flexibility index (Phi) is 7.42. The zero-order valence-corrected chi connectivity index (χ0v) is 19.3. The number of esters is 1. The van der Waals surface area contributed by atoms with Gasteiger partial charge < -0.3 is 9.30 Å². The van der Waals surface area contributed by atoms with E-state index >= 15 is 0 Å². The second kappa shape index (κ2) is 9.23. The molecule has 2 N–H and O–H groups in total. The number of primary sulfonamides is 1. The van der Waals surface area contributed by atoms with Crippen LogP contribution in [0.5, 0.6) is 0 Å². The first-order chi connectivity index (χ1) is 13.4. The number of aryl methyl sites for hydroxylation is 1. The van der Waals surface area contributed by atoms with E-state index in [0.29, 0.717) is 16.0 Å². The average molecular weight is 485 g/mol. The van der Waals surface area contributed by atoms with Crippen LogP contribution in [0.25, 0.3) is 0 Å². The van der Waals surface area contributed by atoms with Crippen molar-refractivity contribution >= 4 is 37.7 Å². The van der Waals surface area contributed by atoms with Crippen LogP contribution in [0.3, 0.4) is 0 Å². The Balaban J connectivity index is 2.14. The summed E-state index contributed by atoms with van der Waals surface area (Å²) in [5.41, 5.74) is 2.30. The summed E-state index contributed by atoms with van der Waals surface area (Å²) in [6.45, 7) is 8.46. The zero-order valence-electron chi connectivity index (χ0n) is 16.9. The lowest BCUT2D eigenvalue weighted by Gasteiger charge is -2.11. The van der Waals surface area contributed by atoms with Crippen LogP contribution < -0.4 is 5.14 Å². The van der Waals surface area contributed by atoms with Crippen molar-refractivity contribution in [3.8, 4) is 0 Å². The van der Waals surface area contributed by atoms with Crippen LogP contribution in [-0.2, 0) is 21.3 Å². The molecule has 1 heterocycles. The summed E-state index contributed by atoms with van der Waals surface area (Å²) in [5, 5.41) is 5.10. The molecule has 0 amide bonds. The van der Waals surface area contributed by atoms with Gasteiger partial charge in [-0.1, -0.05) is 13.8 Å². The third kappa shape index (κ3) is 5.77. The summed E-state index contributed by atoms with van der Waals surface area (Å²) >= 11 is 3.18. The minimum absolute atomic E-state index is 0.0215. The van der Waals surface area contributed by atoms with Crippen molar-refractivity contribution in [1.82, 2.24) is 4.57 Å². The quantitative estimate of drug-likeness (QED) is 0.454. The van der Waals surface area contributed by atoms with E-state index in [1.807, 2.05) is 13.8 Å². The van der Waals surface area contributed by atoms with Crippen molar-refractivity contribution in [1.29, 1.82) is 0 Å². The number of halogens is 1. The maximum absolute atomic E-state index is 12.6. The van der Waals surface area contributed by atoms with Crippen molar-refractivity contribution in [3.05, 3.63) is 51.3 Å². The molecule has 0 aliphatic rings. The maximum atomic E-state index is 12.6. The summed E-state index contributed by atoms with van der Waals surface area (Å²) in [6, 6.07) is 5.57. The van der Waals surface area contributed by atoms with Crippen LogP contribution >= 0.6 is 15.9 Å². The second-order valence-corrected chi connectivity index (χ2v) is 9.72. The lowest BCUT2D eigenvalue weighted by molar-refractivity contribution is 0.0473.